The molecule has 0 spiro atoms. The van der Waals surface area contributed by atoms with E-state index >= 15 is 0 Å². The zero-order valence-electron chi connectivity index (χ0n) is 11.8. The second-order valence-corrected chi connectivity index (χ2v) is 6.07. The Bertz CT molecular complexity index is 659. The molecule has 2 aromatic carbocycles. The third-order valence-electron chi connectivity index (χ3n) is 3.83. The van der Waals surface area contributed by atoms with E-state index in [-0.39, 0.29) is 11.9 Å². The largest absolute Gasteiger partial charge is 0.493 e. The van der Waals surface area contributed by atoms with Gasteiger partial charge in [0.15, 0.2) is 0 Å². The molecule has 1 atom stereocenters. The summed E-state index contributed by atoms with van der Waals surface area (Å²) >= 11 is 3.19. The molecule has 0 saturated heterocycles. The van der Waals surface area contributed by atoms with Gasteiger partial charge in [-0.3, -0.25) is 0 Å². The molecular formula is C17H17BrFNO. The van der Waals surface area contributed by atoms with Crippen molar-refractivity contribution < 1.29 is 9.13 Å². The monoisotopic (exact) mass is 349 g/mol. The fourth-order valence-corrected chi connectivity index (χ4v) is 3.02. The number of hydrogen-bond donors (Lipinski definition) is 1. The molecular weight excluding hydrogens is 333 g/mol. The quantitative estimate of drug-likeness (QED) is 0.895. The highest BCUT2D eigenvalue weighted by molar-refractivity contribution is 9.10. The fraction of sp³-hybridized carbons (Fsp3) is 0.294. The average molecular weight is 350 g/mol. The first kappa shape index (κ1) is 14.5. The molecule has 2 nitrogen and oxygen atoms in total. The van der Waals surface area contributed by atoms with Gasteiger partial charge in [0.1, 0.15) is 11.6 Å². The molecule has 3 rings (SSSR count). The average Bonchev–Trinajstić information content (AvgIpc) is 2.51. The summed E-state index contributed by atoms with van der Waals surface area (Å²) in [5, 5.41) is 3.27. The number of hydrogen-bond acceptors (Lipinski definition) is 2. The van der Waals surface area contributed by atoms with Gasteiger partial charge in [0, 0.05) is 0 Å². The molecule has 2 aromatic rings. The van der Waals surface area contributed by atoms with Gasteiger partial charge in [0.05, 0.1) is 17.1 Å². The molecule has 4 heteroatoms. The molecule has 1 heterocycles. The van der Waals surface area contributed by atoms with Crippen LogP contribution in [0.15, 0.2) is 40.9 Å². The van der Waals surface area contributed by atoms with Crippen LogP contribution in [0.2, 0.25) is 0 Å². The molecule has 110 valence electrons. The molecule has 1 aliphatic heterocycles. The zero-order chi connectivity index (χ0) is 14.8. The van der Waals surface area contributed by atoms with Crippen molar-refractivity contribution in [3.8, 4) is 5.75 Å². The normalized spacial score (nSPS) is 15.2. The summed E-state index contributed by atoms with van der Waals surface area (Å²) < 4.78 is 19.9. The maximum atomic E-state index is 13.8. The molecule has 1 N–H and O–H groups in total. The van der Waals surface area contributed by atoms with E-state index in [1.54, 1.807) is 12.1 Å². The summed E-state index contributed by atoms with van der Waals surface area (Å²) in [4.78, 5) is 0. The predicted octanol–water partition coefficient (Wildman–Crippen LogP) is 4.22. The first-order chi connectivity index (χ1) is 10.2. The minimum absolute atomic E-state index is 0.0279. The maximum Gasteiger partial charge on any atom is 0.137 e. The molecule has 1 aliphatic rings. The molecule has 21 heavy (non-hydrogen) atoms. The van der Waals surface area contributed by atoms with E-state index < -0.39 is 0 Å². The van der Waals surface area contributed by atoms with Gasteiger partial charge in [-0.25, -0.2) is 4.39 Å². The smallest absolute Gasteiger partial charge is 0.137 e. The van der Waals surface area contributed by atoms with Crippen LogP contribution in [0.1, 0.15) is 29.2 Å². The minimum Gasteiger partial charge on any atom is -0.493 e. The van der Waals surface area contributed by atoms with Gasteiger partial charge in [0.25, 0.3) is 0 Å². The van der Waals surface area contributed by atoms with E-state index in [1.165, 1.54) is 5.56 Å². The van der Waals surface area contributed by atoms with Gasteiger partial charge in [-0.15, -0.1) is 0 Å². The van der Waals surface area contributed by atoms with Crippen molar-refractivity contribution in [2.24, 2.45) is 0 Å². The van der Waals surface area contributed by atoms with Crippen LogP contribution in [-0.4, -0.2) is 13.7 Å². The first-order valence-corrected chi connectivity index (χ1v) is 7.86. The summed E-state index contributed by atoms with van der Waals surface area (Å²) in [5.41, 5.74) is 3.27. The lowest BCUT2D eigenvalue weighted by atomic mass is 9.95. The molecule has 0 amide bonds. The zero-order valence-corrected chi connectivity index (χ0v) is 13.4. The molecule has 0 radical (unpaired) electrons. The number of fused-ring (bicyclic) bond motifs is 1. The summed E-state index contributed by atoms with van der Waals surface area (Å²) in [6.45, 7) is 0.791. The van der Waals surface area contributed by atoms with Gasteiger partial charge < -0.3 is 10.1 Å². The van der Waals surface area contributed by atoms with Crippen LogP contribution in [-0.2, 0) is 6.42 Å². The highest BCUT2D eigenvalue weighted by Gasteiger charge is 2.17. The van der Waals surface area contributed by atoms with Crippen molar-refractivity contribution in [3.63, 3.8) is 0 Å². The van der Waals surface area contributed by atoms with Crippen LogP contribution < -0.4 is 10.1 Å². The van der Waals surface area contributed by atoms with E-state index in [4.69, 9.17) is 4.74 Å². The third kappa shape index (κ3) is 2.97. The van der Waals surface area contributed by atoms with E-state index in [0.29, 0.717) is 4.47 Å². The second kappa shape index (κ2) is 6.16. The lowest BCUT2D eigenvalue weighted by Crippen LogP contribution is -2.18. The minimum atomic E-state index is -0.242. The van der Waals surface area contributed by atoms with Crippen LogP contribution in [0.3, 0.4) is 0 Å². The van der Waals surface area contributed by atoms with Crippen LogP contribution in [0.25, 0.3) is 0 Å². The van der Waals surface area contributed by atoms with Gasteiger partial charge >= 0.3 is 0 Å². The van der Waals surface area contributed by atoms with Crippen molar-refractivity contribution in [2.75, 3.05) is 13.7 Å². The predicted molar refractivity (Wildman–Crippen MR) is 85.3 cm³/mol. The van der Waals surface area contributed by atoms with Crippen molar-refractivity contribution in [1.29, 1.82) is 0 Å². The highest BCUT2D eigenvalue weighted by Crippen LogP contribution is 2.31. The molecule has 0 fully saturated rings. The Morgan fingerprint density at radius 1 is 1.19 bits per heavy atom. The summed E-state index contributed by atoms with van der Waals surface area (Å²) in [6.07, 6.45) is 2.09. The maximum absolute atomic E-state index is 13.8. The third-order valence-corrected chi connectivity index (χ3v) is 4.47. The van der Waals surface area contributed by atoms with Crippen LogP contribution >= 0.6 is 15.9 Å². The van der Waals surface area contributed by atoms with E-state index in [2.05, 4.69) is 27.3 Å². The van der Waals surface area contributed by atoms with E-state index in [0.717, 1.165) is 36.3 Å². The number of benzene rings is 2. The van der Waals surface area contributed by atoms with E-state index in [1.807, 2.05) is 25.2 Å². The number of rotatable bonds is 3. The van der Waals surface area contributed by atoms with Crippen LogP contribution in [0, 0.1) is 5.82 Å². The Hall–Kier alpha value is -1.39. The standard InChI is InChI=1S/C17H17BrFNO/c1-20-17(13-4-6-14(18)15(19)10-13)12-5-7-16-11(9-12)3-2-8-21-16/h4-7,9-10,17,20H,2-3,8H2,1H3. The van der Waals surface area contributed by atoms with Gasteiger partial charge in [-0.1, -0.05) is 18.2 Å². The topological polar surface area (TPSA) is 21.3 Å². The first-order valence-electron chi connectivity index (χ1n) is 7.07. The van der Waals surface area contributed by atoms with Crippen LogP contribution in [0.5, 0.6) is 5.75 Å². The Balaban J connectivity index is 1.97. The second-order valence-electron chi connectivity index (χ2n) is 5.21. The number of nitrogens with one attached hydrogen (secondary N) is 1. The van der Waals surface area contributed by atoms with Gasteiger partial charge in [-0.2, -0.15) is 0 Å². The number of aryl methyl sites for hydroxylation is 1. The van der Waals surface area contributed by atoms with Gasteiger partial charge in [0.2, 0.25) is 0 Å². The Labute approximate surface area is 132 Å². The van der Waals surface area contributed by atoms with Crippen molar-refractivity contribution >= 4 is 15.9 Å². The molecule has 1 unspecified atom stereocenters. The number of halogens is 2. The highest BCUT2D eigenvalue weighted by atomic mass is 79.9. The molecule has 0 aromatic heterocycles. The Kier molecular flexibility index (Phi) is 4.27. The van der Waals surface area contributed by atoms with Crippen molar-refractivity contribution in [3.05, 3.63) is 63.4 Å². The lowest BCUT2D eigenvalue weighted by Gasteiger charge is -2.22. The SMILES string of the molecule is CNC(c1ccc(Br)c(F)c1)c1ccc2c(c1)CCCO2. The Morgan fingerprint density at radius 2 is 1.95 bits per heavy atom. The molecule has 0 aliphatic carbocycles. The fourth-order valence-electron chi connectivity index (χ4n) is 2.78. The summed E-state index contributed by atoms with van der Waals surface area (Å²) in [6, 6.07) is 11.5. The number of ether oxygens (including phenoxy) is 1. The van der Waals surface area contributed by atoms with Crippen molar-refractivity contribution in [2.45, 2.75) is 18.9 Å². The van der Waals surface area contributed by atoms with Crippen LogP contribution in [0.4, 0.5) is 4.39 Å². The summed E-state index contributed by atoms with van der Waals surface area (Å²) in [5.74, 6) is 0.732. The van der Waals surface area contributed by atoms with E-state index in [9.17, 15) is 4.39 Å². The summed E-state index contributed by atoms with van der Waals surface area (Å²) in [7, 11) is 1.89. The Morgan fingerprint density at radius 3 is 2.71 bits per heavy atom. The lowest BCUT2D eigenvalue weighted by molar-refractivity contribution is 0.288. The van der Waals surface area contributed by atoms with Crippen molar-refractivity contribution in [1.82, 2.24) is 5.32 Å². The molecule has 0 saturated carbocycles. The molecule has 0 bridgehead atoms. The van der Waals surface area contributed by atoms with Gasteiger partial charge in [-0.05, 0) is 70.7 Å².